The quantitative estimate of drug-likeness (QED) is 0.498. The van der Waals surface area contributed by atoms with Crippen molar-refractivity contribution in [2.75, 3.05) is 0 Å². The van der Waals surface area contributed by atoms with E-state index in [1.54, 1.807) is 0 Å². The van der Waals surface area contributed by atoms with E-state index >= 15 is 0 Å². The molecule has 1 rings (SSSR count). The number of primary sulfonamides is 1. The predicted molar refractivity (Wildman–Crippen MR) is 53.9 cm³/mol. The molecule has 0 unspecified atom stereocenters. The maximum Gasteiger partial charge on any atom is 0.574 e. The SMILES string of the molecule is NS(=O)(=O)c1cc([N+](=O)[O-])c(C(F)(F)F)nc1OC(F)(F)F. The second-order valence-electron chi connectivity index (χ2n) is 3.51. The van der Waals surface area contributed by atoms with Gasteiger partial charge in [0.15, 0.2) is 4.90 Å². The van der Waals surface area contributed by atoms with Crippen molar-refractivity contribution in [2.24, 2.45) is 5.14 Å². The second-order valence-corrected chi connectivity index (χ2v) is 5.04. The number of pyridine rings is 1. The third-order valence-corrected chi connectivity index (χ3v) is 2.82. The third-order valence-electron chi connectivity index (χ3n) is 1.92. The average molecular weight is 355 g/mol. The molecule has 0 aliphatic heterocycles. The van der Waals surface area contributed by atoms with E-state index in [2.05, 4.69) is 14.9 Å². The number of nitrogens with two attached hydrogens (primary N) is 1. The summed E-state index contributed by atoms with van der Waals surface area (Å²) in [5.41, 5.74) is -4.27. The molecule has 1 heterocycles. The Labute approximate surface area is 116 Å². The molecule has 0 aliphatic rings. The van der Waals surface area contributed by atoms with E-state index in [4.69, 9.17) is 0 Å². The van der Waals surface area contributed by atoms with Gasteiger partial charge in [-0.3, -0.25) is 10.1 Å². The first-order chi connectivity index (χ1) is 9.63. The number of rotatable bonds is 3. The number of sulfonamides is 1. The van der Waals surface area contributed by atoms with Crippen LogP contribution in [0.25, 0.3) is 0 Å². The fraction of sp³-hybridized carbons (Fsp3) is 0.286. The lowest BCUT2D eigenvalue weighted by Gasteiger charge is -2.13. The van der Waals surface area contributed by atoms with Crippen molar-refractivity contribution >= 4 is 15.7 Å². The van der Waals surface area contributed by atoms with Crippen molar-refractivity contribution in [2.45, 2.75) is 17.4 Å². The molecule has 8 nitrogen and oxygen atoms in total. The summed E-state index contributed by atoms with van der Waals surface area (Å²) < 4.78 is 99.1. The highest BCUT2D eigenvalue weighted by Gasteiger charge is 2.44. The van der Waals surface area contributed by atoms with Gasteiger partial charge in [0.25, 0.3) is 0 Å². The molecule has 0 aromatic carbocycles. The lowest BCUT2D eigenvalue weighted by molar-refractivity contribution is -0.388. The van der Waals surface area contributed by atoms with Crippen molar-refractivity contribution in [3.05, 3.63) is 21.9 Å². The fourth-order valence-corrected chi connectivity index (χ4v) is 1.81. The van der Waals surface area contributed by atoms with Gasteiger partial charge in [-0.05, 0) is 0 Å². The second kappa shape index (κ2) is 5.24. The zero-order valence-electron chi connectivity index (χ0n) is 9.77. The van der Waals surface area contributed by atoms with Gasteiger partial charge in [0, 0.05) is 6.07 Å². The Morgan fingerprint density at radius 2 is 1.73 bits per heavy atom. The molecule has 0 aliphatic carbocycles. The molecule has 22 heavy (non-hydrogen) atoms. The van der Waals surface area contributed by atoms with Crippen molar-refractivity contribution in [1.82, 2.24) is 4.98 Å². The minimum atomic E-state index is -5.61. The monoisotopic (exact) mass is 355 g/mol. The first kappa shape index (κ1) is 17.9. The van der Waals surface area contributed by atoms with Crippen LogP contribution < -0.4 is 9.88 Å². The molecule has 124 valence electrons. The van der Waals surface area contributed by atoms with E-state index in [0.29, 0.717) is 0 Å². The Morgan fingerprint density at radius 1 is 1.23 bits per heavy atom. The predicted octanol–water partition coefficient (Wildman–Crippen LogP) is 1.55. The van der Waals surface area contributed by atoms with Gasteiger partial charge in [0.1, 0.15) is 0 Å². The Hall–Kier alpha value is -2.16. The molecule has 0 saturated heterocycles. The van der Waals surface area contributed by atoms with Crippen molar-refractivity contribution < 1.29 is 44.4 Å². The Balaban J connectivity index is 3.78. The van der Waals surface area contributed by atoms with Gasteiger partial charge in [0.2, 0.25) is 21.6 Å². The molecule has 0 fully saturated rings. The van der Waals surface area contributed by atoms with E-state index in [0.717, 1.165) is 0 Å². The number of nitrogens with zero attached hydrogens (tertiary/aromatic N) is 2. The third kappa shape index (κ3) is 4.17. The normalized spacial score (nSPS) is 13.0. The number of hydrogen-bond acceptors (Lipinski definition) is 6. The molecular weight excluding hydrogens is 352 g/mol. The lowest BCUT2D eigenvalue weighted by Crippen LogP contribution is -2.24. The van der Waals surface area contributed by atoms with Crippen LogP contribution >= 0.6 is 0 Å². The molecule has 0 saturated carbocycles. The zero-order valence-corrected chi connectivity index (χ0v) is 10.6. The van der Waals surface area contributed by atoms with Gasteiger partial charge >= 0.3 is 18.2 Å². The Morgan fingerprint density at radius 3 is 2.05 bits per heavy atom. The van der Waals surface area contributed by atoms with Crippen LogP contribution in [-0.4, -0.2) is 24.7 Å². The molecule has 0 radical (unpaired) electrons. The largest absolute Gasteiger partial charge is 0.574 e. The molecule has 1 aromatic heterocycles. The highest BCUT2D eigenvalue weighted by atomic mass is 32.2. The van der Waals surface area contributed by atoms with Crippen LogP contribution in [0.2, 0.25) is 0 Å². The highest BCUT2D eigenvalue weighted by Crippen LogP contribution is 2.39. The molecule has 0 spiro atoms. The van der Waals surface area contributed by atoms with E-state index in [-0.39, 0.29) is 6.07 Å². The van der Waals surface area contributed by atoms with Crippen molar-refractivity contribution in [3.8, 4) is 5.88 Å². The lowest BCUT2D eigenvalue weighted by atomic mass is 10.3. The Bertz CT molecular complexity index is 713. The van der Waals surface area contributed by atoms with E-state index in [9.17, 15) is 44.9 Å². The Kier molecular flexibility index (Phi) is 4.26. The summed E-state index contributed by atoms with van der Waals surface area (Å²) in [5.74, 6) is -2.08. The summed E-state index contributed by atoms with van der Waals surface area (Å²) in [4.78, 5) is 9.36. The standard InChI is InChI=1S/C7H3F6N3O5S/c8-6(9,10)4-2(16(17)18)1-3(22(14,19)20)5(15-4)21-7(11,12)13/h1H,(H2,14,19,20). The molecular formula is C7H3F6N3O5S. The minimum absolute atomic E-state index is 0.313. The maximum atomic E-state index is 12.6. The van der Waals surface area contributed by atoms with Gasteiger partial charge in [-0.25, -0.2) is 18.5 Å². The summed E-state index contributed by atoms with van der Waals surface area (Å²) in [6.07, 6.45) is -11.1. The minimum Gasteiger partial charge on any atom is -0.386 e. The number of nitro groups is 1. The van der Waals surface area contributed by atoms with Gasteiger partial charge < -0.3 is 4.74 Å². The molecule has 0 atom stereocenters. The molecule has 2 N–H and O–H groups in total. The molecule has 0 bridgehead atoms. The van der Waals surface area contributed by atoms with E-state index in [1.807, 2.05) is 0 Å². The van der Waals surface area contributed by atoms with Crippen LogP contribution in [0.3, 0.4) is 0 Å². The van der Waals surface area contributed by atoms with Crippen LogP contribution in [0.1, 0.15) is 5.69 Å². The summed E-state index contributed by atoms with van der Waals surface area (Å²) in [6.45, 7) is 0. The summed E-state index contributed by atoms with van der Waals surface area (Å²) in [6, 6.07) is -0.313. The molecule has 1 aromatic rings. The number of ether oxygens (including phenoxy) is 1. The summed E-state index contributed by atoms with van der Waals surface area (Å²) in [5, 5.41) is 15.0. The number of alkyl halides is 6. The van der Waals surface area contributed by atoms with Crippen LogP contribution in [0.15, 0.2) is 11.0 Å². The first-order valence-electron chi connectivity index (χ1n) is 4.68. The number of halogens is 6. The number of hydrogen-bond donors (Lipinski definition) is 1. The van der Waals surface area contributed by atoms with Crippen LogP contribution in [0.4, 0.5) is 32.0 Å². The topological polar surface area (TPSA) is 125 Å². The smallest absolute Gasteiger partial charge is 0.386 e. The number of aromatic nitrogens is 1. The molecule has 15 heteroatoms. The summed E-state index contributed by atoms with van der Waals surface area (Å²) >= 11 is 0. The van der Waals surface area contributed by atoms with Gasteiger partial charge in [-0.1, -0.05) is 0 Å². The molecule has 0 amide bonds. The highest BCUT2D eigenvalue weighted by molar-refractivity contribution is 7.89. The summed E-state index contributed by atoms with van der Waals surface area (Å²) in [7, 11) is -5.08. The van der Waals surface area contributed by atoms with Crippen molar-refractivity contribution in [1.29, 1.82) is 0 Å². The van der Waals surface area contributed by atoms with E-state index in [1.165, 1.54) is 0 Å². The van der Waals surface area contributed by atoms with Gasteiger partial charge in [-0.15, -0.1) is 13.2 Å². The fourth-order valence-electron chi connectivity index (χ4n) is 1.20. The maximum absolute atomic E-state index is 12.6. The van der Waals surface area contributed by atoms with Gasteiger partial charge in [0.05, 0.1) is 4.92 Å². The van der Waals surface area contributed by atoms with E-state index < -0.39 is 49.6 Å². The van der Waals surface area contributed by atoms with Crippen molar-refractivity contribution in [3.63, 3.8) is 0 Å². The van der Waals surface area contributed by atoms with Crippen LogP contribution in [-0.2, 0) is 16.2 Å². The first-order valence-corrected chi connectivity index (χ1v) is 6.22. The van der Waals surface area contributed by atoms with Gasteiger partial charge in [-0.2, -0.15) is 13.2 Å². The zero-order chi connectivity index (χ0) is 17.5. The average Bonchev–Trinajstić information content (AvgIpc) is 2.22. The van der Waals surface area contributed by atoms with Crippen LogP contribution in [0.5, 0.6) is 5.88 Å². The van der Waals surface area contributed by atoms with Crippen LogP contribution in [0, 0.1) is 10.1 Å².